The van der Waals surface area contributed by atoms with E-state index in [1.54, 1.807) is 0 Å². The monoisotopic (exact) mass is 300 g/mol. The molecule has 0 bridgehead atoms. The van der Waals surface area contributed by atoms with Crippen LogP contribution in [0.5, 0.6) is 0 Å². The first kappa shape index (κ1) is 17.3. The molecule has 7 heteroatoms. The summed E-state index contributed by atoms with van der Waals surface area (Å²) in [6.07, 6.45) is -0.0684. The zero-order valence-corrected chi connectivity index (χ0v) is 13.1. The molecule has 1 aliphatic rings. The Labute approximate surface area is 124 Å². The maximum Gasteiger partial charge on any atom is 0.326 e. The number of carboxylic acid groups (broad SMARTS) is 1. The van der Waals surface area contributed by atoms with Crippen molar-refractivity contribution in [2.75, 3.05) is 7.11 Å². The first-order valence-electron chi connectivity index (χ1n) is 6.90. The van der Waals surface area contributed by atoms with Crippen LogP contribution in [0.3, 0.4) is 0 Å². The number of aliphatic carboxylic acids is 1. The minimum Gasteiger partial charge on any atom is -0.480 e. The lowest BCUT2D eigenvalue weighted by Crippen LogP contribution is -2.47. The summed E-state index contributed by atoms with van der Waals surface area (Å²) in [4.78, 5) is 34.0. The number of ether oxygens (including phenoxy) is 1. The highest BCUT2D eigenvalue weighted by Crippen LogP contribution is 2.62. The molecule has 0 unspecified atom stereocenters. The molecule has 0 spiro atoms. The van der Waals surface area contributed by atoms with Gasteiger partial charge in [0.15, 0.2) is 0 Å². The highest BCUT2D eigenvalue weighted by Gasteiger charge is 2.65. The van der Waals surface area contributed by atoms with E-state index >= 15 is 0 Å². The molecular formula is C14H24N2O5. The lowest BCUT2D eigenvalue weighted by Gasteiger charge is -2.15. The summed E-state index contributed by atoms with van der Waals surface area (Å²) in [6.45, 7) is 8.18. The summed E-state index contributed by atoms with van der Waals surface area (Å²) in [6, 6.07) is -1.66. The van der Waals surface area contributed by atoms with Crippen molar-refractivity contribution in [2.24, 2.45) is 10.8 Å². The third-order valence-electron chi connectivity index (χ3n) is 4.76. The molecule has 1 atom stereocenters. The van der Waals surface area contributed by atoms with Gasteiger partial charge in [0, 0.05) is 12.5 Å². The minimum absolute atomic E-state index is 0.00706. The Morgan fingerprint density at radius 3 is 2.10 bits per heavy atom. The van der Waals surface area contributed by atoms with Crippen molar-refractivity contribution in [2.45, 2.75) is 52.6 Å². The Hall–Kier alpha value is -1.79. The summed E-state index contributed by atoms with van der Waals surface area (Å²) in [5, 5.41) is 14.2. The largest absolute Gasteiger partial charge is 0.480 e. The number of carboxylic acids is 1. The molecule has 1 saturated carbocycles. The molecule has 0 aliphatic heterocycles. The van der Waals surface area contributed by atoms with Crippen LogP contribution in [0.25, 0.3) is 0 Å². The minimum atomic E-state index is -1.18. The van der Waals surface area contributed by atoms with Crippen LogP contribution in [0.15, 0.2) is 0 Å². The van der Waals surface area contributed by atoms with Gasteiger partial charge in [-0.3, -0.25) is 4.79 Å². The van der Waals surface area contributed by atoms with Crippen LogP contribution < -0.4 is 10.6 Å². The van der Waals surface area contributed by atoms with Gasteiger partial charge >= 0.3 is 18.0 Å². The SMILES string of the molecule is COC(=O)CC[C@@H](NC(=O)NC1C(C)(C)C1(C)C)C(=O)O. The average molecular weight is 300 g/mol. The molecule has 0 aromatic carbocycles. The predicted molar refractivity (Wildman–Crippen MR) is 75.7 cm³/mol. The van der Waals surface area contributed by atoms with Gasteiger partial charge in [0.1, 0.15) is 6.04 Å². The zero-order valence-electron chi connectivity index (χ0n) is 13.1. The normalized spacial score (nSPS) is 20.2. The topological polar surface area (TPSA) is 105 Å². The van der Waals surface area contributed by atoms with Crippen LogP contribution in [0.2, 0.25) is 0 Å². The number of amides is 2. The van der Waals surface area contributed by atoms with E-state index < -0.39 is 24.0 Å². The van der Waals surface area contributed by atoms with Gasteiger partial charge in [0.2, 0.25) is 0 Å². The van der Waals surface area contributed by atoms with Crippen molar-refractivity contribution in [3.63, 3.8) is 0 Å². The van der Waals surface area contributed by atoms with Crippen molar-refractivity contribution in [1.29, 1.82) is 0 Å². The van der Waals surface area contributed by atoms with E-state index in [4.69, 9.17) is 5.11 Å². The zero-order chi connectivity index (χ0) is 16.4. The van der Waals surface area contributed by atoms with Gasteiger partial charge in [-0.1, -0.05) is 27.7 Å². The lowest BCUT2D eigenvalue weighted by molar-refractivity contribution is -0.142. The Morgan fingerprint density at radius 2 is 1.71 bits per heavy atom. The summed E-state index contributed by atoms with van der Waals surface area (Å²) in [7, 11) is 1.23. The number of hydrogen-bond donors (Lipinski definition) is 3. The molecule has 0 radical (unpaired) electrons. The van der Waals surface area contributed by atoms with E-state index in [2.05, 4.69) is 15.4 Å². The van der Waals surface area contributed by atoms with Crippen LogP contribution in [-0.4, -0.2) is 42.3 Å². The van der Waals surface area contributed by atoms with E-state index in [0.29, 0.717) is 0 Å². The van der Waals surface area contributed by atoms with Gasteiger partial charge in [-0.15, -0.1) is 0 Å². The van der Waals surface area contributed by atoms with Gasteiger partial charge in [0.05, 0.1) is 7.11 Å². The lowest BCUT2D eigenvalue weighted by atomic mass is 10.0. The number of urea groups is 1. The standard InChI is InChI=1S/C14H24N2O5/c1-13(2)11(14(13,3)4)16-12(20)15-8(10(18)19)6-7-9(17)21-5/h8,11H,6-7H2,1-5H3,(H,18,19)(H2,15,16,20)/t8-/m1/s1. The summed E-state index contributed by atoms with van der Waals surface area (Å²) in [5.74, 6) is -1.68. The maximum absolute atomic E-state index is 11.9. The average Bonchev–Trinajstić information content (AvgIpc) is 2.76. The second-order valence-electron chi connectivity index (χ2n) is 6.50. The first-order chi connectivity index (χ1) is 9.53. The molecule has 21 heavy (non-hydrogen) atoms. The number of esters is 1. The number of methoxy groups -OCH3 is 1. The van der Waals surface area contributed by atoms with E-state index in [-0.39, 0.29) is 29.7 Å². The number of rotatable bonds is 6. The number of carbonyl (C=O) groups is 3. The van der Waals surface area contributed by atoms with Gasteiger partial charge in [0.25, 0.3) is 0 Å². The Kier molecular flexibility index (Phi) is 4.86. The molecule has 0 heterocycles. The van der Waals surface area contributed by atoms with Crippen molar-refractivity contribution < 1.29 is 24.2 Å². The highest BCUT2D eigenvalue weighted by molar-refractivity contribution is 5.83. The van der Waals surface area contributed by atoms with Crippen LogP contribution in [0.1, 0.15) is 40.5 Å². The quantitative estimate of drug-likeness (QED) is 0.638. The number of nitrogens with one attached hydrogen (secondary N) is 2. The van der Waals surface area contributed by atoms with Crippen molar-refractivity contribution in [3.05, 3.63) is 0 Å². The van der Waals surface area contributed by atoms with Crippen LogP contribution in [0, 0.1) is 10.8 Å². The van der Waals surface area contributed by atoms with Gasteiger partial charge in [-0.05, 0) is 17.3 Å². The second kappa shape index (κ2) is 5.91. The molecule has 0 aromatic heterocycles. The summed E-state index contributed by atoms with van der Waals surface area (Å²) < 4.78 is 4.45. The highest BCUT2D eigenvalue weighted by atomic mass is 16.5. The molecule has 2 amide bonds. The van der Waals surface area contributed by atoms with E-state index in [9.17, 15) is 14.4 Å². The van der Waals surface area contributed by atoms with E-state index in [1.807, 2.05) is 27.7 Å². The third-order valence-corrected chi connectivity index (χ3v) is 4.76. The predicted octanol–water partition coefficient (Wildman–Crippen LogP) is 1.13. The van der Waals surface area contributed by atoms with E-state index in [1.165, 1.54) is 7.11 Å². The smallest absolute Gasteiger partial charge is 0.326 e. The van der Waals surface area contributed by atoms with E-state index in [0.717, 1.165) is 0 Å². The van der Waals surface area contributed by atoms with Gasteiger partial charge in [-0.2, -0.15) is 0 Å². The molecule has 3 N–H and O–H groups in total. The second-order valence-corrected chi connectivity index (χ2v) is 6.50. The summed E-state index contributed by atoms with van der Waals surface area (Å²) in [5.41, 5.74) is -0.0653. The fourth-order valence-electron chi connectivity index (χ4n) is 2.51. The Balaban J connectivity index is 2.51. The van der Waals surface area contributed by atoms with Gasteiger partial charge < -0.3 is 20.5 Å². The van der Waals surface area contributed by atoms with Crippen molar-refractivity contribution in [3.8, 4) is 0 Å². The van der Waals surface area contributed by atoms with Crippen LogP contribution in [0.4, 0.5) is 4.79 Å². The number of carbonyl (C=O) groups excluding carboxylic acids is 2. The van der Waals surface area contributed by atoms with Crippen molar-refractivity contribution >= 4 is 18.0 Å². The molecule has 1 fully saturated rings. The molecule has 0 saturated heterocycles. The fourth-order valence-corrected chi connectivity index (χ4v) is 2.51. The van der Waals surface area contributed by atoms with Gasteiger partial charge in [-0.25, -0.2) is 9.59 Å². The molecule has 1 rings (SSSR count). The van der Waals surface area contributed by atoms with Crippen LogP contribution in [-0.2, 0) is 14.3 Å². The van der Waals surface area contributed by atoms with Crippen molar-refractivity contribution in [1.82, 2.24) is 10.6 Å². The molecular weight excluding hydrogens is 276 g/mol. The Bertz CT molecular complexity index is 431. The summed E-state index contributed by atoms with van der Waals surface area (Å²) >= 11 is 0. The molecule has 7 nitrogen and oxygen atoms in total. The Morgan fingerprint density at radius 1 is 1.19 bits per heavy atom. The van der Waals surface area contributed by atoms with Crippen LogP contribution >= 0.6 is 0 Å². The molecule has 120 valence electrons. The third kappa shape index (κ3) is 3.65. The maximum atomic E-state index is 11.9. The fraction of sp³-hybridized carbons (Fsp3) is 0.786. The number of hydrogen-bond acceptors (Lipinski definition) is 4. The molecule has 0 aromatic rings. The first-order valence-corrected chi connectivity index (χ1v) is 6.90. The molecule has 1 aliphatic carbocycles.